The minimum absolute atomic E-state index is 0.115. The second-order valence-electron chi connectivity index (χ2n) is 11.2. The summed E-state index contributed by atoms with van der Waals surface area (Å²) in [5.41, 5.74) is 5.86. The highest BCUT2D eigenvalue weighted by molar-refractivity contribution is 6.07. The lowest BCUT2D eigenvalue weighted by atomic mass is 9.86. The average molecular weight is 544 g/mol. The Morgan fingerprint density at radius 3 is 2.45 bits per heavy atom. The van der Waals surface area contributed by atoms with Crippen LogP contribution in [0.15, 0.2) is 48.7 Å². The number of aryl methyl sites for hydroxylation is 2. The summed E-state index contributed by atoms with van der Waals surface area (Å²) < 4.78 is 29.7. The van der Waals surface area contributed by atoms with Gasteiger partial charge >= 0.3 is 0 Å². The molecule has 1 aliphatic rings. The van der Waals surface area contributed by atoms with Crippen molar-refractivity contribution in [3.8, 4) is 17.0 Å². The van der Waals surface area contributed by atoms with Crippen LogP contribution in [0, 0.1) is 18.7 Å². The molecule has 0 spiro atoms. The van der Waals surface area contributed by atoms with Crippen molar-refractivity contribution in [2.24, 2.45) is 13.0 Å². The lowest BCUT2D eigenvalue weighted by molar-refractivity contribution is 0.0552. The molecule has 5 aromatic rings. The first-order valence-corrected chi connectivity index (χ1v) is 13.6. The molecule has 208 valence electrons. The van der Waals surface area contributed by atoms with Crippen molar-refractivity contribution in [2.45, 2.75) is 45.3 Å². The highest BCUT2D eigenvalue weighted by Crippen LogP contribution is 2.44. The van der Waals surface area contributed by atoms with Crippen molar-refractivity contribution >= 4 is 21.9 Å². The van der Waals surface area contributed by atoms with Crippen molar-refractivity contribution < 1.29 is 19.0 Å². The number of aliphatic hydroxyl groups is 1. The monoisotopic (exact) mass is 543 g/mol. The molecule has 4 heterocycles. The average Bonchev–Trinajstić information content (AvgIpc) is 3.44. The number of fused-ring (bicyclic) bond motifs is 3. The van der Waals surface area contributed by atoms with Gasteiger partial charge in [0.05, 0.1) is 46.7 Å². The number of benzene rings is 2. The van der Waals surface area contributed by atoms with Crippen molar-refractivity contribution in [1.29, 1.82) is 0 Å². The number of rotatable bonds is 6. The van der Waals surface area contributed by atoms with E-state index in [1.807, 2.05) is 44.4 Å². The Morgan fingerprint density at radius 2 is 1.82 bits per heavy atom. The van der Waals surface area contributed by atoms with Gasteiger partial charge < -0.3 is 19.1 Å². The number of nitrogens with zero attached hydrogens (tertiary/aromatic N) is 5. The molecular weight excluding hydrogens is 509 g/mol. The summed E-state index contributed by atoms with van der Waals surface area (Å²) >= 11 is 0. The maximum Gasteiger partial charge on any atom is 0.125 e. The van der Waals surface area contributed by atoms with Gasteiger partial charge in [-0.25, -0.2) is 9.07 Å². The van der Waals surface area contributed by atoms with E-state index in [1.54, 1.807) is 25.6 Å². The van der Waals surface area contributed by atoms with Gasteiger partial charge in [0.2, 0.25) is 0 Å². The lowest BCUT2D eigenvalue weighted by Crippen LogP contribution is -2.27. The summed E-state index contributed by atoms with van der Waals surface area (Å²) in [6.07, 6.45) is 3.60. The van der Waals surface area contributed by atoms with Crippen LogP contribution in [0.25, 0.3) is 33.2 Å². The van der Waals surface area contributed by atoms with Crippen LogP contribution in [-0.4, -0.2) is 50.0 Å². The molecule has 1 saturated heterocycles. The Labute approximate surface area is 232 Å². The number of methoxy groups -OCH3 is 1. The number of hydrogen-bond acceptors (Lipinski definition) is 6. The molecule has 3 aromatic heterocycles. The van der Waals surface area contributed by atoms with Crippen molar-refractivity contribution in [2.75, 3.05) is 20.3 Å². The molecule has 0 saturated carbocycles. The second kappa shape index (κ2) is 9.98. The zero-order valence-corrected chi connectivity index (χ0v) is 23.5. The predicted molar refractivity (Wildman–Crippen MR) is 152 cm³/mol. The molecule has 40 heavy (non-hydrogen) atoms. The molecule has 1 N–H and O–H groups in total. The van der Waals surface area contributed by atoms with E-state index < -0.39 is 5.60 Å². The van der Waals surface area contributed by atoms with Gasteiger partial charge in [0.1, 0.15) is 11.6 Å². The normalized spacial score (nSPS) is 15.7. The van der Waals surface area contributed by atoms with Gasteiger partial charge in [0.25, 0.3) is 0 Å². The van der Waals surface area contributed by atoms with Gasteiger partial charge in [-0.2, -0.15) is 0 Å². The first-order chi connectivity index (χ1) is 19.2. The largest absolute Gasteiger partial charge is 0.496 e. The summed E-state index contributed by atoms with van der Waals surface area (Å²) in [4.78, 5) is 4.98. The highest BCUT2D eigenvalue weighted by Gasteiger charge is 2.32. The van der Waals surface area contributed by atoms with E-state index >= 15 is 0 Å². The van der Waals surface area contributed by atoms with E-state index in [2.05, 4.69) is 20.9 Å². The SMILES string of the molecule is COc1cc2c3ncc(-c4c(C)nnn4C)cc3n([C@H](c3ccc(F)cc3)C3CCOCC3)c2cc1C(C)(C)O. The predicted octanol–water partition coefficient (Wildman–Crippen LogP) is 5.68. The van der Waals surface area contributed by atoms with Gasteiger partial charge in [0, 0.05) is 43.0 Å². The Bertz CT molecular complexity index is 1680. The van der Waals surface area contributed by atoms with Gasteiger partial charge in [-0.15, -0.1) is 5.10 Å². The molecule has 0 radical (unpaired) electrons. The maximum absolute atomic E-state index is 14.1. The standard InChI is InChI=1S/C31H34FN5O3/c1-18-29(36(4)35-34-18)21-14-26-28(33-17-21)23-15-27(39-5)24(31(2,3)38)16-25(23)37(26)30(20-10-12-40-13-11-20)19-6-8-22(32)9-7-19/h6-9,14-17,20,30,38H,10-13H2,1-5H3/t30-/m1/s1. The summed E-state index contributed by atoms with van der Waals surface area (Å²) in [5.74, 6) is 0.573. The molecule has 0 unspecified atom stereocenters. The van der Waals surface area contributed by atoms with Crippen LogP contribution in [0.1, 0.15) is 49.6 Å². The molecule has 1 fully saturated rings. The summed E-state index contributed by atoms with van der Waals surface area (Å²) in [6, 6.07) is 12.8. The Morgan fingerprint density at radius 1 is 1.10 bits per heavy atom. The first kappa shape index (κ1) is 26.4. The molecule has 0 bridgehead atoms. The van der Waals surface area contributed by atoms with Gasteiger partial charge in [-0.05, 0) is 75.4 Å². The third kappa shape index (κ3) is 4.43. The van der Waals surface area contributed by atoms with E-state index in [4.69, 9.17) is 14.5 Å². The zero-order chi connectivity index (χ0) is 28.2. The molecule has 9 heteroatoms. The van der Waals surface area contributed by atoms with Crippen LogP contribution < -0.4 is 4.74 Å². The Balaban J connectivity index is 1.72. The van der Waals surface area contributed by atoms with Crippen LogP contribution >= 0.6 is 0 Å². The molecule has 8 nitrogen and oxygen atoms in total. The van der Waals surface area contributed by atoms with Crippen LogP contribution in [0.2, 0.25) is 0 Å². The number of ether oxygens (including phenoxy) is 2. The fourth-order valence-corrected chi connectivity index (χ4v) is 6.19. The smallest absolute Gasteiger partial charge is 0.125 e. The molecule has 1 aliphatic heterocycles. The van der Waals surface area contributed by atoms with Crippen LogP contribution in [0.4, 0.5) is 4.39 Å². The van der Waals surface area contributed by atoms with E-state index in [0.29, 0.717) is 24.5 Å². The minimum atomic E-state index is -1.14. The van der Waals surface area contributed by atoms with Gasteiger partial charge in [0.15, 0.2) is 0 Å². The number of hydrogen-bond donors (Lipinski definition) is 1. The topological polar surface area (TPSA) is 87.2 Å². The summed E-state index contributed by atoms with van der Waals surface area (Å²) in [7, 11) is 3.49. The maximum atomic E-state index is 14.1. The minimum Gasteiger partial charge on any atom is -0.496 e. The Hall–Kier alpha value is -3.82. The summed E-state index contributed by atoms with van der Waals surface area (Å²) in [6.45, 7) is 6.80. The number of halogens is 1. The van der Waals surface area contributed by atoms with Crippen LogP contribution in [0.5, 0.6) is 5.75 Å². The van der Waals surface area contributed by atoms with E-state index in [9.17, 15) is 9.50 Å². The molecular formula is C31H34FN5O3. The number of aromatic nitrogens is 5. The molecule has 1 atom stereocenters. The second-order valence-corrected chi connectivity index (χ2v) is 11.2. The Kier molecular flexibility index (Phi) is 6.59. The number of pyridine rings is 1. The van der Waals surface area contributed by atoms with Crippen molar-refractivity contribution in [1.82, 2.24) is 24.5 Å². The summed E-state index contributed by atoms with van der Waals surface area (Å²) in [5, 5.41) is 20.5. The zero-order valence-electron chi connectivity index (χ0n) is 23.5. The third-order valence-electron chi connectivity index (χ3n) is 8.09. The van der Waals surface area contributed by atoms with Crippen LogP contribution in [-0.2, 0) is 17.4 Å². The molecule has 2 aromatic carbocycles. The van der Waals surface area contributed by atoms with Gasteiger partial charge in [-0.3, -0.25) is 4.98 Å². The highest BCUT2D eigenvalue weighted by atomic mass is 19.1. The molecule has 0 amide bonds. The van der Waals surface area contributed by atoms with E-state index in [0.717, 1.165) is 57.3 Å². The fraction of sp³-hybridized carbons (Fsp3) is 0.387. The van der Waals surface area contributed by atoms with E-state index in [-0.39, 0.29) is 17.8 Å². The van der Waals surface area contributed by atoms with Crippen molar-refractivity contribution in [3.63, 3.8) is 0 Å². The first-order valence-electron chi connectivity index (χ1n) is 13.6. The third-order valence-corrected chi connectivity index (χ3v) is 8.09. The quantitative estimate of drug-likeness (QED) is 0.296. The van der Waals surface area contributed by atoms with Crippen molar-refractivity contribution in [3.05, 3.63) is 71.3 Å². The van der Waals surface area contributed by atoms with E-state index in [1.165, 1.54) is 12.1 Å². The van der Waals surface area contributed by atoms with Gasteiger partial charge in [-0.1, -0.05) is 17.3 Å². The van der Waals surface area contributed by atoms with Crippen LogP contribution in [0.3, 0.4) is 0 Å². The molecule has 6 rings (SSSR count). The lowest BCUT2D eigenvalue weighted by Gasteiger charge is -2.33. The molecule has 0 aliphatic carbocycles. The fourth-order valence-electron chi connectivity index (χ4n) is 6.19.